The van der Waals surface area contributed by atoms with Gasteiger partial charge in [-0.2, -0.15) is 0 Å². The monoisotopic (exact) mass is 627 g/mol. The molecule has 1 heterocycles. The van der Waals surface area contributed by atoms with Gasteiger partial charge in [-0.3, -0.25) is 9.59 Å². The summed E-state index contributed by atoms with van der Waals surface area (Å²) < 4.78 is 13.0. The lowest BCUT2D eigenvalue weighted by Gasteiger charge is -2.13. The van der Waals surface area contributed by atoms with E-state index >= 15 is 0 Å². The Bertz CT molecular complexity index is 1390. The molecule has 3 aromatic rings. The fourth-order valence-corrected chi connectivity index (χ4v) is 4.31. The number of anilines is 1. The molecule has 0 unspecified atom stereocenters. The van der Waals surface area contributed by atoms with Crippen LogP contribution in [0.25, 0.3) is 6.08 Å². The molecule has 3 aromatic carbocycles. The first-order valence-electron chi connectivity index (χ1n) is 11.2. The number of hydrogen-bond donors (Lipinski definition) is 2. The van der Waals surface area contributed by atoms with E-state index in [9.17, 15) is 14.4 Å². The van der Waals surface area contributed by atoms with Crippen LogP contribution in [0.1, 0.15) is 16.7 Å². The van der Waals surface area contributed by atoms with Crippen LogP contribution in [-0.4, -0.2) is 36.4 Å². The van der Waals surface area contributed by atoms with E-state index in [1.54, 1.807) is 24.3 Å². The molecule has 190 valence electrons. The van der Waals surface area contributed by atoms with Gasteiger partial charge < -0.3 is 20.1 Å². The number of nitrogens with one attached hydrogen (secondary N) is 2. The third-order valence-corrected chi connectivity index (χ3v) is 6.67. The van der Waals surface area contributed by atoms with Gasteiger partial charge in [-0.15, -0.1) is 0 Å². The Balaban J connectivity index is 1.47. The summed E-state index contributed by atoms with van der Waals surface area (Å²) in [6.07, 6.45) is 1.52. The molecule has 0 radical (unpaired) electrons. The third kappa shape index (κ3) is 6.58. The second kappa shape index (κ2) is 11.6. The summed E-state index contributed by atoms with van der Waals surface area (Å²) in [5.74, 6) is -0.120. The van der Waals surface area contributed by atoms with Crippen LogP contribution in [0.2, 0.25) is 0 Å². The number of ether oxygens (including phenoxy) is 2. The number of hydrogen-bond acceptors (Lipinski definition) is 5. The van der Waals surface area contributed by atoms with Gasteiger partial charge in [0.2, 0.25) is 5.91 Å². The highest BCUT2D eigenvalue weighted by atomic mass is 79.9. The second-order valence-electron chi connectivity index (χ2n) is 8.24. The molecule has 0 aromatic heterocycles. The van der Waals surface area contributed by atoms with Gasteiger partial charge in [0.1, 0.15) is 18.8 Å². The first-order chi connectivity index (χ1) is 17.7. The van der Waals surface area contributed by atoms with Crippen molar-refractivity contribution in [2.75, 3.05) is 19.0 Å². The topological polar surface area (TPSA) is 97.0 Å². The molecule has 4 amide bonds. The van der Waals surface area contributed by atoms with Crippen LogP contribution in [0.4, 0.5) is 10.5 Å². The van der Waals surface area contributed by atoms with E-state index < -0.39 is 24.4 Å². The number of benzene rings is 3. The smallest absolute Gasteiger partial charge is 0.329 e. The number of urea groups is 1. The minimum absolute atomic E-state index is 0.0413. The number of methoxy groups -OCH3 is 1. The zero-order chi connectivity index (χ0) is 26.5. The molecule has 0 saturated carbocycles. The van der Waals surface area contributed by atoms with Crippen molar-refractivity contribution in [1.82, 2.24) is 10.2 Å². The van der Waals surface area contributed by atoms with E-state index in [0.29, 0.717) is 33.8 Å². The lowest BCUT2D eigenvalue weighted by atomic mass is 10.1. The Morgan fingerprint density at radius 3 is 2.51 bits per heavy atom. The minimum Gasteiger partial charge on any atom is -0.493 e. The lowest BCUT2D eigenvalue weighted by Crippen LogP contribution is -2.38. The van der Waals surface area contributed by atoms with Crippen molar-refractivity contribution in [3.63, 3.8) is 0 Å². The van der Waals surface area contributed by atoms with Crippen molar-refractivity contribution in [2.24, 2.45) is 0 Å². The molecule has 2 N–H and O–H groups in total. The molecule has 37 heavy (non-hydrogen) atoms. The predicted molar refractivity (Wildman–Crippen MR) is 147 cm³/mol. The Morgan fingerprint density at radius 2 is 1.81 bits per heavy atom. The molecule has 0 spiro atoms. The van der Waals surface area contributed by atoms with E-state index in [1.807, 2.05) is 43.3 Å². The Kier molecular flexibility index (Phi) is 8.30. The summed E-state index contributed by atoms with van der Waals surface area (Å²) in [5.41, 5.74) is 3.18. The number of halogens is 2. The van der Waals surface area contributed by atoms with Crippen molar-refractivity contribution in [1.29, 1.82) is 0 Å². The molecule has 1 aliphatic heterocycles. The molecule has 10 heteroatoms. The normalized spacial score (nSPS) is 14.1. The van der Waals surface area contributed by atoms with Crippen LogP contribution >= 0.6 is 31.9 Å². The predicted octanol–water partition coefficient (Wildman–Crippen LogP) is 5.64. The fraction of sp³-hybridized carbons (Fsp3) is 0.148. The van der Waals surface area contributed by atoms with Crippen molar-refractivity contribution in [3.8, 4) is 11.5 Å². The second-order valence-corrected chi connectivity index (χ2v) is 10.0. The number of amides is 4. The van der Waals surface area contributed by atoms with Crippen LogP contribution < -0.4 is 20.1 Å². The number of carbonyl (C=O) groups excluding carboxylic acids is 3. The van der Waals surface area contributed by atoms with Gasteiger partial charge in [0, 0.05) is 14.6 Å². The summed E-state index contributed by atoms with van der Waals surface area (Å²) in [5, 5.41) is 5.23. The van der Waals surface area contributed by atoms with E-state index in [-0.39, 0.29) is 5.70 Å². The molecule has 4 rings (SSSR count). The Labute approximate surface area is 230 Å². The molecule has 0 bridgehead atoms. The number of rotatable bonds is 8. The van der Waals surface area contributed by atoms with Crippen LogP contribution in [0.5, 0.6) is 11.5 Å². The Hall–Kier alpha value is -3.63. The van der Waals surface area contributed by atoms with E-state index in [1.165, 1.54) is 13.2 Å². The summed E-state index contributed by atoms with van der Waals surface area (Å²) >= 11 is 6.91. The van der Waals surface area contributed by atoms with Gasteiger partial charge in [0.25, 0.3) is 5.91 Å². The highest BCUT2D eigenvalue weighted by Gasteiger charge is 2.35. The first kappa shape index (κ1) is 26.4. The summed E-state index contributed by atoms with van der Waals surface area (Å²) in [7, 11) is 1.52. The lowest BCUT2D eigenvalue weighted by molar-refractivity contribution is -0.127. The van der Waals surface area contributed by atoms with Gasteiger partial charge in [0.05, 0.1) is 7.11 Å². The average Bonchev–Trinajstić information content (AvgIpc) is 3.12. The Morgan fingerprint density at radius 1 is 1.05 bits per heavy atom. The number of carbonyl (C=O) groups is 3. The minimum atomic E-state index is -0.673. The third-order valence-electron chi connectivity index (χ3n) is 5.46. The molecule has 0 atom stereocenters. The molecular weight excluding hydrogens is 606 g/mol. The van der Waals surface area contributed by atoms with E-state index in [4.69, 9.17) is 9.47 Å². The summed E-state index contributed by atoms with van der Waals surface area (Å²) in [6, 6.07) is 17.8. The van der Waals surface area contributed by atoms with Gasteiger partial charge in [-0.1, -0.05) is 56.1 Å². The van der Waals surface area contributed by atoms with Crippen LogP contribution in [0.15, 0.2) is 75.3 Å². The highest BCUT2D eigenvalue weighted by Crippen LogP contribution is 2.35. The highest BCUT2D eigenvalue weighted by molar-refractivity contribution is 9.10. The fourth-order valence-electron chi connectivity index (χ4n) is 3.61. The molecule has 1 saturated heterocycles. The van der Waals surface area contributed by atoms with Crippen molar-refractivity contribution in [2.45, 2.75) is 13.5 Å². The van der Waals surface area contributed by atoms with Gasteiger partial charge in [-0.05, 0) is 66.1 Å². The maximum Gasteiger partial charge on any atom is 0.329 e. The first-order valence-corrected chi connectivity index (χ1v) is 12.8. The van der Waals surface area contributed by atoms with Crippen LogP contribution in [0, 0.1) is 6.92 Å². The molecule has 0 aliphatic carbocycles. The van der Waals surface area contributed by atoms with Crippen molar-refractivity contribution in [3.05, 3.63) is 92.0 Å². The SMILES string of the molecule is COc1cc(/C=C2/NC(=O)N(CC(=O)Nc3cccc(C)c3)C2=O)c(Br)cc1OCc1ccc(Br)cc1. The zero-order valence-corrected chi connectivity index (χ0v) is 23.2. The molecule has 1 fully saturated rings. The van der Waals surface area contributed by atoms with Gasteiger partial charge in [0.15, 0.2) is 11.5 Å². The maximum absolute atomic E-state index is 12.9. The van der Waals surface area contributed by atoms with Crippen LogP contribution in [-0.2, 0) is 16.2 Å². The molecular formula is C27H23Br2N3O5. The molecule has 1 aliphatic rings. The number of imide groups is 1. The number of aryl methyl sites for hydroxylation is 1. The van der Waals surface area contributed by atoms with Crippen molar-refractivity contribution < 1.29 is 23.9 Å². The van der Waals surface area contributed by atoms with E-state index in [0.717, 1.165) is 20.5 Å². The van der Waals surface area contributed by atoms with Crippen LogP contribution in [0.3, 0.4) is 0 Å². The summed E-state index contributed by atoms with van der Waals surface area (Å²) in [4.78, 5) is 38.6. The molecule has 8 nitrogen and oxygen atoms in total. The maximum atomic E-state index is 12.9. The van der Waals surface area contributed by atoms with Crippen molar-refractivity contribution >= 4 is 61.5 Å². The average molecular weight is 629 g/mol. The quantitative estimate of drug-likeness (QED) is 0.249. The van der Waals surface area contributed by atoms with Gasteiger partial charge in [-0.25, -0.2) is 9.69 Å². The zero-order valence-electron chi connectivity index (χ0n) is 20.0. The van der Waals surface area contributed by atoms with Gasteiger partial charge >= 0.3 is 6.03 Å². The largest absolute Gasteiger partial charge is 0.493 e. The number of nitrogens with zero attached hydrogens (tertiary/aromatic N) is 1. The standard InChI is InChI=1S/C27H23Br2N3O5/c1-16-4-3-5-20(10-16)30-25(33)14-32-26(34)22(31-27(32)35)11-18-12-23(36-2)24(13-21(18)29)37-15-17-6-8-19(28)9-7-17/h3-13H,14-15H2,1-2H3,(H,30,33)(H,31,35)/b22-11+. The summed E-state index contributed by atoms with van der Waals surface area (Å²) in [6.45, 7) is 1.83. The van der Waals surface area contributed by atoms with E-state index in [2.05, 4.69) is 42.5 Å².